The van der Waals surface area contributed by atoms with Gasteiger partial charge in [-0.15, -0.1) is 5.10 Å². The molecule has 29 heavy (non-hydrogen) atoms. The lowest BCUT2D eigenvalue weighted by molar-refractivity contribution is -0.118. The summed E-state index contributed by atoms with van der Waals surface area (Å²) in [5.74, 6) is 1.48. The van der Waals surface area contributed by atoms with Gasteiger partial charge in [-0.2, -0.15) is 4.98 Å². The Morgan fingerprint density at radius 3 is 2.69 bits per heavy atom. The highest BCUT2D eigenvalue weighted by Crippen LogP contribution is 2.45. The number of pyridine rings is 1. The van der Waals surface area contributed by atoms with E-state index in [4.69, 9.17) is 10.1 Å². The van der Waals surface area contributed by atoms with Gasteiger partial charge in [0.25, 0.3) is 0 Å². The molecule has 2 aliphatic rings. The summed E-state index contributed by atoms with van der Waals surface area (Å²) in [5, 5.41) is 8.22. The van der Waals surface area contributed by atoms with Crippen molar-refractivity contribution in [3.63, 3.8) is 0 Å². The Kier molecular flexibility index (Phi) is 3.91. The van der Waals surface area contributed by atoms with E-state index in [1.807, 2.05) is 22.9 Å². The van der Waals surface area contributed by atoms with Crippen LogP contribution in [-0.2, 0) is 4.79 Å². The molecule has 0 saturated carbocycles. The summed E-state index contributed by atoms with van der Waals surface area (Å²) in [6.45, 7) is 6.34. The maximum Gasteiger partial charge on any atom is 0.226 e. The van der Waals surface area contributed by atoms with Crippen LogP contribution < -0.4 is 5.32 Å². The highest BCUT2D eigenvalue weighted by molar-refractivity contribution is 6.00. The number of anilines is 1. The summed E-state index contributed by atoms with van der Waals surface area (Å²) in [4.78, 5) is 22.1. The van der Waals surface area contributed by atoms with Crippen LogP contribution in [0.3, 0.4) is 0 Å². The molecule has 0 spiro atoms. The monoisotopic (exact) mass is 385 g/mol. The zero-order valence-electron chi connectivity index (χ0n) is 16.8. The number of Topliss-reactive ketones (excluding diaryl/α,β-unsaturated/α-hetero) is 1. The fraction of sp³-hybridized carbons (Fsp3) is 0.304. The van der Waals surface area contributed by atoms with Crippen molar-refractivity contribution in [3.05, 3.63) is 71.2 Å². The van der Waals surface area contributed by atoms with Crippen LogP contribution in [0.4, 0.5) is 5.95 Å². The van der Waals surface area contributed by atoms with Gasteiger partial charge in [0.2, 0.25) is 5.95 Å². The lowest BCUT2D eigenvalue weighted by Gasteiger charge is -2.38. The van der Waals surface area contributed by atoms with Gasteiger partial charge in [0.05, 0.1) is 0 Å². The van der Waals surface area contributed by atoms with Crippen LogP contribution in [0, 0.1) is 12.3 Å². The lowest BCUT2D eigenvalue weighted by Crippen LogP contribution is -2.36. The van der Waals surface area contributed by atoms with Gasteiger partial charge in [0, 0.05) is 35.6 Å². The second kappa shape index (κ2) is 6.37. The van der Waals surface area contributed by atoms with Crippen molar-refractivity contribution in [1.82, 2.24) is 19.7 Å². The number of carbonyl (C=O) groups excluding carboxylic acids is 1. The van der Waals surface area contributed by atoms with E-state index in [0.29, 0.717) is 18.2 Å². The number of carbonyl (C=O) groups is 1. The van der Waals surface area contributed by atoms with Crippen LogP contribution in [0.1, 0.15) is 43.9 Å². The third-order valence-electron chi connectivity index (χ3n) is 5.63. The molecule has 1 aliphatic carbocycles. The van der Waals surface area contributed by atoms with Gasteiger partial charge in [-0.05, 0) is 36.5 Å². The van der Waals surface area contributed by atoms with E-state index < -0.39 is 0 Å². The van der Waals surface area contributed by atoms with Crippen LogP contribution >= 0.6 is 0 Å². The van der Waals surface area contributed by atoms with Crippen LogP contribution in [-0.4, -0.2) is 25.5 Å². The zero-order chi connectivity index (χ0) is 20.2. The smallest absolute Gasteiger partial charge is 0.226 e. The standard InChI is InChI=1S/C23H23N5O/c1-14-5-4-6-16(11-14)20-19-17(12-23(2,3)13-18(19)29)25-22-26-21(27-28(20)22)15-7-9-24-10-8-15/h4-11,20H,12-13H2,1-3H3,(H,25,26,27). The van der Waals surface area contributed by atoms with Gasteiger partial charge >= 0.3 is 0 Å². The quantitative estimate of drug-likeness (QED) is 0.712. The van der Waals surface area contributed by atoms with Gasteiger partial charge < -0.3 is 5.32 Å². The molecule has 6 nitrogen and oxygen atoms in total. The first-order valence-corrected chi connectivity index (χ1v) is 9.88. The topological polar surface area (TPSA) is 72.7 Å². The molecule has 0 amide bonds. The Balaban J connectivity index is 1.70. The minimum atomic E-state index is -0.271. The number of hydrogen-bond donors (Lipinski definition) is 1. The number of nitrogens with one attached hydrogen (secondary N) is 1. The average Bonchev–Trinajstić information content (AvgIpc) is 3.09. The van der Waals surface area contributed by atoms with Crippen molar-refractivity contribution in [2.45, 2.75) is 39.7 Å². The minimum Gasteiger partial charge on any atom is -0.328 e. The van der Waals surface area contributed by atoms with Gasteiger partial charge in [-0.1, -0.05) is 43.7 Å². The normalized spacial score (nSPS) is 20.1. The first kappa shape index (κ1) is 17.8. The number of rotatable bonds is 2. The van der Waals surface area contributed by atoms with E-state index in [1.54, 1.807) is 12.4 Å². The van der Waals surface area contributed by atoms with Crippen LogP contribution in [0.2, 0.25) is 0 Å². The number of hydrogen-bond acceptors (Lipinski definition) is 5. The summed E-state index contributed by atoms with van der Waals surface area (Å²) in [6.07, 6.45) is 4.82. The van der Waals surface area contributed by atoms with Gasteiger partial charge in [0.1, 0.15) is 6.04 Å². The van der Waals surface area contributed by atoms with Gasteiger partial charge in [-0.25, -0.2) is 4.68 Å². The molecule has 1 atom stereocenters. The summed E-state index contributed by atoms with van der Waals surface area (Å²) < 4.78 is 1.86. The van der Waals surface area contributed by atoms with Crippen LogP contribution in [0.25, 0.3) is 11.4 Å². The second-order valence-corrected chi connectivity index (χ2v) is 8.71. The molecule has 0 saturated heterocycles. The third kappa shape index (κ3) is 3.05. The fourth-order valence-electron chi connectivity index (χ4n) is 4.38. The molecule has 1 aromatic carbocycles. The van der Waals surface area contributed by atoms with Crippen molar-refractivity contribution in [2.75, 3.05) is 5.32 Å². The molecule has 0 fully saturated rings. The van der Waals surface area contributed by atoms with Crippen molar-refractivity contribution < 1.29 is 4.79 Å². The SMILES string of the molecule is Cc1cccc(C2C3=C(CC(C)(C)CC3=O)Nc3nc(-c4ccncc4)nn32)c1. The van der Waals surface area contributed by atoms with Crippen molar-refractivity contribution in [3.8, 4) is 11.4 Å². The predicted octanol–water partition coefficient (Wildman–Crippen LogP) is 4.31. The maximum absolute atomic E-state index is 13.2. The Morgan fingerprint density at radius 2 is 1.93 bits per heavy atom. The van der Waals surface area contributed by atoms with Crippen molar-refractivity contribution in [1.29, 1.82) is 0 Å². The third-order valence-corrected chi connectivity index (χ3v) is 5.63. The van der Waals surface area contributed by atoms with Crippen LogP contribution in [0.5, 0.6) is 0 Å². The van der Waals surface area contributed by atoms with Crippen molar-refractivity contribution >= 4 is 11.7 Å². The molecule has 1 unspecified atom stereocenters. The number of ketones is 1. The molecule has 1 aliphatic heterocycles. The van der Waals surface area contributed by atoms with E-state index >= 15 is 0 Å². The Labute approximate surface area is 169 Å². The predicted molar refractivity (Wildman–Crippen MR) is 111 cm³/mol. The first-order chi connectivity index (χ1) is 13.9. The van der Waals surface area contributed by atoms with Crippen molar-refractivity contribution in [2.24, 2.45) is 5.41 Å². The lowest BCUT2D eigenvalue weighted by atomic mass is 9.73. The molecule has 2 aromatic heterocycles. The number of aryl methyl sites for hydroxylation is 1. The number of aromatic nitrogens is 4. The largest absolute Gasteiger partial charge is 0.328 e. The van der Waals surface area contributed by atoms with E-state index in [0.717, 1.165) is 34.4 Å². The summed E-state index contributed by atoms with van der Waals surface area (Å²) in [6, 6.07) is 11.8. The molecule has 0 bridgehead atoms. The Morgan fingerprint density at radius 1 is 1.14 bits per heavy atom. The number of benzene rings is 1. The molecular weight excluding hydrogens is 362 g/mol. The van der Waals surface area contributed by atoms with E-state index in [-0.39, 0.29) is 17.2 Å². The zero-order valence-corrected chi connectivity index (χ0v) is 16.8. The average molecular weight is 385 g/mol. The van der Waals surface area contributed by atoms with E-state index in [1.165, 1.54) is 0 Å². The first-order valence-electron chi connectivity index (χ1n) is 9.88. The van der Waals surface area contributed by atoms with E-state index in [2.05, 4.69) is 49.3 Å². The van der Waals surface area contributed by atoms with Gasteiger partial charge in [-0.3, -0.25) is 9.78 Å². The molecular formula is C23H23N5O. The van der Waals surface area contributed by atoms with Gasteiger partial charge in [0.15, 0.2) is 11.6 Å². The molecule has 1 N–H and O–H groups in total. The molecule has 3 aromatic rings. The highest BCUT2D eigenvalue weighted by Gasteiger charge is 2.41. The summed E-state index contributed by atoms with van der Waals surface area (Å²) >= 11 is 0. The molecule has 5 rings (SSSR count). The van der Waals surface area contributed by atoms with Crippen LogP contribution in [0.15, 0.2) is 60.1 Å². The summed E-state index contributed by atoms with van der Waals surface area (Å²) in [7, 11) is 0. The molecule has 3 heterocycles. The maximum atomic E-state index is 13.2. The molecule has 6 heteroatoms. The Bertz CT molecular complexity index is 1140. The minimum absolute atomic E-state index is 0.0732. The highest BCUT2D eigenvalue weighted by atomic mass is 16.1. The molecule has 0 radical (unpaired) electrons. The Hall–Kier alpha value is -3.28. The fourth-order valence-corrected chi connectivity index (χ4v) is 4.38. The van der Waals surface area contributed by atoms with E-state index in [9.17, 15) is 4.79 Å². The second-order valence-electron chi connectivity index (χ2n) is 8.71. The molecule has 146 valence electrons. The summed E-state index contributed by atoms with van der Waals surface area (Å²) in [5.41, 5.74) is 4.82. The number of allylic oxidation sites excluding steroid dienone is 2. The number of nitrogens with zero attached hydrogens (tertiary/aromatic N) is 4. The number of fused-ring (bicyclic) bond motifs is 1.